The molecule has 3 heterocycles. The summed E-state index contributed by atoms with van der Waals surface area (Å²) < 4.78 is 26.8. The summed E-state index contributed by atoms with van der Waals surface area (Å²) in [5.74, 6) is -2.78. The highest BCUT2D eigenvalue weighted by molar-refractivity contribution is 6.45. The van der Waals surface area contributed by atoms with Crippen molar-refractivity contribution in [1.29, 1.82) is 5.26 Å². The van der Waals surface area contributed by atoms with Crippen LogP contribution in [0.15, 0.2) is 58.3 Å². The van der Waals surface area contributed by atoms with Crippen LogP contribution in [0.1, 0.15) is 57.1 Å². The maximum absolute atomic E-state index is 13.6. The maximum Gasteiger partial charge on any atom is 0.295 e. The molecule has 1 aliphatic heterocycles. The Morgan fingerprint density at radius 2 is 1.65 bits per heavy atom. The number of methoxy groups -OCH3 is 1. The van der Waals surface area contributed by atoms with Gasteiger partial charge in [-0.15, -0.1) is 0 Å². The first-order valence-corrected chi connectivity index (χ1v) is 21.4. The number of aromatic amines is 1. The number of aromatic nitrogens is 2. The van der Waals surface area contributed by atoms with Crippen molar-refractivity contribution in [2.75, 3.05) is 106 Å². The maximum atomic E-state index is 13.6. The fourth-order valence-corrected chi connectivity index (χ4v) is 6.58. The minimum atomic E-state index is -1.21. The molecule has 1 aromatic carbocycles. The molecule has 0 aliphatic carbocycles. The fourth-order valence-electron chi connectivity index (χ4n) is 6.58. The van der Waals surface area contributed by atoms with Crippen molar-refractivity contribution in [3.05, 3.63) is 59.4 Å². The minimum absolute atomic E-state index is 0. The zero-order valence-corrected chi connectivity index (χ0v) is 36.9. The van der Waals surface area contributed by atoms with Crippen molar-refractivity contribution in [2.24, 2.45) is 15.7 Å². The van der Waals surface area contributed by atoms with E-state index in [1.807, 2.05) is 37.3 Å². The second-order valence-corrected chi connectivity index (χ2v) is 14.6. The zero-order valence-electron chi connectivity index (χ0n) is 36.9. The number of aliphatic imine (C=N–C) groups is 2. The average molecular weight is 917 g/mol. The van der Waals surface area contributed by atoms with Gasteiger partial charge in [0.15, 0.2) is 5.84 Å². The number of carbonyl (C=O) groups excluding carboxylic acids is 4. The molecule has 1 saturated heterocycles. The van der Waals surface area contributed by atoms with Crippen LogP contribution < -0.4 is 26.4 Å². The molecule has 1 fully saturated rings. The average Bonchev–Trinajstić information content (AvgIpc) is 3.79. The van der Waals surface area contributed by atoms with Crippen LogP contribution in [0.3, 0.4) is 0 Å². The van der Waals surface area contributed by atoms with Gasteiger partial charge in [0, 0.05) is 54.0 Å². The van der Waals surface area contributed by atoms with E-state index in [2.05, 4.69) is 42.0 Å². The molecule has 4 rings (SSSR count). The summed E-state index contributed by atoms with van der Waals surface area (Å²) in [6.07, 6.45) is 5.15. The quantitative estimate of drug-likeness (QED) is 0.0137. The van der Waals surface area contributed by atoms with Crippen LogP contribution in [-0.4, -0.2) is 172 Å². The van der Waals surface area contributed by atoms with E-state index >= 15 is 0 Å². The van der Waals surface area contributed by atoms with Gasteiger partial charge in [0.1, 0.15) is 12.0 Å². The normalized spacial score (nSPS) is 13.2. The number of rotatable bonds is 28. The first-order chi connectivity index (χ1) is 31.6. The van der Waals surface area contributed by atoms with Gasteiger partial charge in [0.05, 0.1) is 106 Å². The van der Waals surface area contributed by atoms with E-state index < -0.39 is 42.2 Å². The Labute approximate surface area is 386 Å². The number of nitriles is 1. The van der Waals surface area contributed by atoms with E-state index in [1.165, 1.54) is 24.4 Å². The number of carbonyl (C=O) groups is 4. The van der Waals surface area contributed by atoms with Crippen LogP contribution in [0.5, 0.6) is 5.88 Å². The van der Waals surface area contributed by atoms with E-state index in [0.29, 0.717) is 76.6 Å². The number of H-pyrrole nitrogens is 1. The lowest BCUT2D eigenvalue weighted by Crippen LogP contribution is -2.59. The van der Waals surface area contributed by atoms with Gasteiger partial charge < -0.3 is 65.5 Å². The lowest BCUT2D eigenvalue weighted by molar-refractivity contribution is -0.127. The number of allylic oxidation sites excluding steroid dienone is 1. The molecule has 21 nitrogen and oxygen atoms in total. The number of amidine groups is 1. The predicted octanol–water partition coefficient (Wildman–Crippen LogP) is 2.26. The van der Waals surface area contributed by atoms with Crippen molar-refractivity contribution in [2.45, 2.75) is 38.1 Å². The van der Waals surface area contributed by atoms with Crippen molar-refractivity contribution >= 4 is 57.8 Å². The number of pyridine rings is 1. The number of nitrogens with zero attached hydrogens (tertiary/aromatic N) is 5. The monoisotopic (exact) mass is 917 g/mol. The number of aliphatic hydroxyl groups is 2. The highest BCUT2D eigenvalue weighted by atomic mass is 16.6. The summed E-state index contributed by atoms with van der Waals surface area (Å²) in [7, 11) is 1.38. The summed E-state index contributed by atoms with van der Waals surface area (Å²) in [6, 6.07) is 11.6. The van der Waals surface area contributed by atoms with Crippen LogP contribution in [0.4, 0.5) is 5.69 Å². The Hall–Kier alpha value is -6.12. The number of Topliss-reactive ketones (excluding diaryl/α,β-unsaturated/α-hetero) is 1. The SMILES string of the molecule is CCOCCOCCOCCOCCC(=O)NCC(CO)(CO)NCCCNC(=O)C(N)=NC=Nc1cnc(OC)c2c(C(=O)C(=O)N3CCC(=C(C#N)c4ccccc4)CC3)c[nH]c12.[HH].[HH].[HH].[HH].[HH].[HH]. The summed E-state index contributed by atoms with van der Waals surface area (Å²) >= 11 is 0. The summed E-state index contributed by atoms with van der Waals surface area (Å²) in [6.45, 7) is 5.29. The molecule has 0 unspecified atom stereocenters. The third kappa shape index (κ3) is 15.8. The smallest absolute Gasteiger partial charge is 0.295 e. The Morgan fingerprint density at radius 3 is 2.28 bits per heavy atom. The molecule has 0 saturated carbocycles. The number of benzene rings is 1. The molecule has 0 bridgehead atoms. The van der Waals surface area contributed by atoms with Gasteiger partial charge in [-0.2, -0.15) is 5.26 Å². The Morgan fingerprint density at radius 1 is 0.985 bits per heavy atom. The predicted molar refractivity (Wildman–Crippen MR) is 253 cm³/mol. The van der Waals surface area contributed by atoms with Crippen molar-refractivity contribution in [3.8, 4) is 11.9 Å². The number of hydrogen-bond acceptors (Lipinski definition) is 15. The molecule has 1 aliphatic rings. The molecule has 2 aromatic heterocycles. The lowest BCUT2D eigenvalue weighted by Gasteiger charge is -2.31. The molecule has 21 heteroatoms. The van der Waals surface area contributed by atoms with Gasteiger partial charge in [0.25, 0.3) is 17.6 Å². The van der Waals surface area contributed by atoms with Crippen molar-refractivity contribution in [1.82, 2.24) is 30.8 Å². The number of ketones is 1. The minimum Gasteiger partial charge on any atom is -0.480 e. The Bertz CT molecular complexity index is 2170. The molecule has 0 radical (unpaired) electrons. The summed E-state index contributed by atoms with van der Waals surface area (Å²) in [4.78, 5) is 68.9. The van der Waals surface area contributed by atoms with E-state index in [0.717, 1.165) is 17.5 Å². The van der Waals surface area contributed by atoms with Crippen LogP contribution >= 0.6 is 0 Å². The highest BCUT2D eigenvalue weighted by Gasteiger charge is 2.31. The Balaban J connectivity index is -0.00000771. The van der Waals surface area contributed by atoms with Gasteiger partial charge >= 0.3 is 0 Å². The van der Waals surface area contributed by atoms with E-state index in [1.54, 1.807) is 0 Å². The number of piperidine rings is 1. The molecule has 8 N–H and O–H groups in total. The number of ether oxygens (including phenoxy) is 5. The lowest BCUT2D eigenvalue weighted by atomic mass is 9.93. The van der Waals surface area contributed by atoms with Gasteiger partial charge in [-0.3, -0.25) is 19.2 Å². The Kier molecular flexibility index (Phi) is 22.1. The second-order valence-electron chi connectivity index (χ2n) is 14.6. The zero-order chi connectivity index (χ0) is 46.9. The number of nitrogens with one attached hydrogen (secondary N) is 4. The first kappa shape index (κ1) is 51.5. The van der Waals surface area contributed by atoms with Crippen molar-refractivity contribution in [3.63, 3.8) is 0 Å². The molecule has 3 amide bonds. The van der Waals surface area contributed by atoms with Crippen LogP contribution in [0, 0.1) is 11.3 Å². The van der Waals surface area contributed by atoms with Crippen LogP contribution in [-0.2, 0) is 33.3 Å². The number of aliphatic hydroxyl groups excluding tert-OH is 2. The second kappa shape index (κ2) is 27.9. The van der Waals surface area contributed by atoms with E-state index in [-0.39, 0.29) is 82.7 Å². The van der Waals surface area contributed by atoms with Crippen LogP contribution in [0.2, 0.25) is 0 Å². The topological polar surface area (TPSA) is 297 Å². The van der Waals surface area contributed by atoms with E-state index in [9.17, 15) is 34.7 Å². The number of fused-ring (bicyclic) bond motifs is 1. The van der Waals surface area contributed by atoms with Gasteiger partial charge in [-0.1, -0.05) is 30.3 Å². The first-order valence-electron chi connectivity index (χ1n) is 21.4. The molecule has 65 heavy (non-hydrogen) atoms. The summed E-state index contributed by atoms with van der Waals surface area (Å²) in [5.41, 5.74) is 7.60. The standard InChI is InChI=1S/C44H60N10O11.6H2/c1-3-62-18-19-64-22-23-65-21-20-63-17-12-36(57)50-27-44(28-55,29-56)53-14-7-13-47-41(59)40(46)52-30-51-35-26-49-42(61-2)37-34(25-48-38(35)37)39(58)43(60)54-15-10-32(11-16-54)33(24-45)31-8-5-4-6-9-31;;;;;;/h4-6,8-9,25-26,30,48,53,55-56H,3,7,10-23,27-29H2,1-2H3,(H,47,59)(H,50,57)(H2,46,51,52);6*1H. The molecule has 0 atom stereocenters. The third-order valence-electron chi connectivity index (χ3n) is 10.3. The summed E-state index contributed by atoms with van der Waals surface area (Å²) in [5, 5.41) is 38.4. The number of amides is 3. The molecule has 364 valence electrons. The van der Waals surface area contributed by atoms with Gasteiger partial charge in [-0.25, -0.2) is 15.0 Å². The molecule has 3 aromatic rings. The van der Waals surface area contributed by atoms with Crippen molar-refractivity contribution < 1.29 is 61.6 Å². The highest BCUT2D eigenvalue weighted by Crippen LogP contribution is 2.34. The van der Waals surface area contributed by atoms with E-state index in [4.69, 9.17) is 29.4 Å². The third-order valence-corrected chi connectivity index (χ3v) is 10.3. The number of hydrogen-bond donors (Lipinski definition) is 7. The largest absolute Gasteiger partial charge is 0.480 e. The molecular weight excluding hydrogens is 845 g/mol. The number of likely N-dealkylation sites (tertiary alicyclic amines) is 1. The number of nitrogens with two attached hydrogens (primary N) is 1. The van der Waals surface area contributed by atoms with Gasteiger partial charge in [-0.05, 0) is 43.9 Å². The molecule has 0 spiro atoms. The van der Waals surface area contributed by atoms with Gasteiger partial charge in [0.2, 0.25) is 11.8 Å². The molecular formula is C44H72N10O11. The fraction of sp³-hybridized carbons (Fsp3) is 0.500. The van der Waals surface area contributed by atoms with Crippen LogP contribution in [0.25, 0.3) is 16.5 Å².